The zero-order chi connectivity index (χ0) is 18.6. The van der Waals surface area contributed by atoms with Crippen LogP contribution in [0, 0.1) is 0 Å². The molecule has 0 aliphatic rings. The number of anilines is 1. The van der Waals surface area contributed by atoms with Gasteiger partial charge in [0.15, 0.2) is 0 Å². The van der Waals surface area contributed by atoms with Crippen molar-refractivity contribution in [3.8, 4) is 11.1 Å². The molecule has 0 bridgehead atoms. The lowest BCUT2D eigenvalue weighted by Gasteiger charge is -2.06. The quantitative estimate of drug-likeness (QED) is 0.592. The molecule has 0 atom stereocenters. The second kappa shape index (κ2) is 7.37. The maximum absolute atomic E-state index is 12.2. The number of hydrogen-bond acceptors (Lipinski definition) is 4. The molecule has 2 aromatic carbocycles. The molecule has 0 aliphatic heterocycles. The van der Waals surface area contributed by atoms with E-state index in [2.05, 4.69) is 20.4 Å². The van der Waals surface area contributed by atoms with Crippen molar-refractivity contribution < 1.29 is 4.79 Å². The molecule has 0 radical (unpaired) electrons. The number of rotatable bonds is 5. The summed E-state index contributed by atoms with van der Waals surface area (Å²) in [5, 5.41) is 7.91. The number of carbonyl (C=O) groups excluding carboxylic acids is 1. The Hall–Kier alpha value is -3.54. The molecule has 1 N–H and O–H groups in total. The number of aromatic nitrogens is 4. The Morgan fingerprint density at radius 1 is 1.07 bits per heavy atom. The number of carbonyl (C=O) groups is 1. The predicted octanol–water partition coefficient (Wildman–Crippen LogP) is 3.60. The number of benzene rings is 2. The summed E-state index contributed by atoms with van der Waals surface area (Å²) in [4.78, 5) is 21.0. The average Bonchev–Trinajstić information content (AvgIpc) is 3.13. The van der Waals surface area contributed by atoms with Crippen LogP contribution in [0.5, 0.6) is 0 Å². The van der Waals surface area contributed by atoms with Crippen LogP contribution in [-0.4, -0.2) is 25.7 Å². The summed E-state index contributed by atoms with van der Waals surface area (Å²) < 4.78 is 1.76. The highest BCUT2D eigenvalue weighted by Gasteiger charge is 2.08. The standard InChI is InChI=1S/C21H19N5O/c1-26-14-18(13-23-26)16-8-9-17-12-22-21(24-19(17)11-16)25-20(27)10-7-15-5-3-2-4-6-15/h2-6,8-9,11-14H,7,10H2,1H3,(H,22,24,25,27). The zero-order valence-electron chi connectivity index (χ0n) is 15.0. The summed E-state index contributed by atoms with van der Waals surface area (Å²) >= 11 is 0. The van der Waals surface area contributed by atoms with Crippen LogP contribution in [0.3, 0.4) is 0 Å². The Morgan fingerprint density at radius 3 is 2.70 bits per heavy atom. The molecule has 0 saturated carbocycles. The highest BCUT2D eigenvalue weighted by atomic mass is 16.1. The van der Waals surface area contributed by atoms with E-state index in [1.807, 2.05) is 68.0 Å². The van der Waals surface area contributed by atoms with Gasteiger partial charge < -0.3 is 0 Å². The van der Waals surface area contributed by atoms with E-state index in [1.54, 1.807) is 10.9 Å². The molecule has 0 fully saturated rings. The molecular formula is C21H19N5O. The van der Waals surface area contributed by atoms with Crippen LogP contribution in [0.2, 0.25) is 0 Å². The van der Waals surface area contributed by atoms with E-state index >= 15 is 0 Å². The van der Waals surface area contributed by atoms with Gasteiger partial charge in [0.05, 0.1) is 11.7 Å². The second-order valence-corrected chi connectivity index (χ2v) is 6.40. The Morgan fingerprint density at radius 2 is 1.93 bits per heavy atom. The van der Waals surface area contributed by atoms with E-state index in [1.165, 1.54) is 0 Å². The van der Waals surface area contributed by atoms with Gasteiger partial charge in [-0.1, -0.05) is 42.5 Å². The lowest BCUT2D eigenvalue weighted by atomic mass is 10.1. The smallest absolute Gasteiger partial charge is 0.229 e. The summed E-state index contributed by atoms with van der Waals surface area (Å²) in [6.07, 6.45) is 6.57. The minimum atomic E-state index is -0.0957. The van der Waals surface area contributed by atoms with Crippen molar-refractivity contribution in [2.24, 2.45) is 7.05 Å². The van der Waals surface area contributed by atoms with Gasteiger partial charge in [0, 0.05) is 36.8 Å². The molecule has 2 heterocycles. The van der Waals surface area contributed by atoms with Crippen LogP contribution in [0.15, 0.2) is 67.1 Å². The molecule has 2 aromatic heterocycles. The minimum Gasteiger partial charge on any atom is -0.295 e. The molecule has 0 aliphatic carbocycles. The number of nitrogens with one attached hydrogen (secondary N) is 1. The number of amides is 1. The van der Waals surface area contributed by atoms with E-state index in [-0.39, 0.29) is 5.91 Å². The summed E-state index contributed by atoms with van der Waals surface area (Å²) in [5.41, 5.74) is 3.96. The first-order valence-corrected chi connectivity index (χ1v) is 8.77. The van der Waals surface area contributed by atoms with Crippen molar-refractivity contribution in [1.82, 2.24) is 19.7 Å². The Labute approximate surface area is 156 Å². The highest BCUT2D eigenvalue weighted by molar-refractivity contribution is 5.91. The summed E-state index contributed by atoms with van der Waals surface area (Å²) in [6.45, 7) is 0. The fraction of sp³-hybridized carbons (Fsp3) is 0.143. The average molecular weight is 357 g/mol. The minimum absolute atomic E-state index is 0.0957. The topological polar surface area (TPSA) is 72.7 Å². The lowest BCUT2D eigenvalue weighted by molar-refractivity contribution is -0.116. The monoisotopic (exact) mass is 357 g/mol. The van der Waals surface area contributed by atoms with Crippen molar-refractivity contribution in [3.63, 3.8) is 0 Å². The molecule has 4 rings (SSSR count). The normalized spacial score (nSPS) is 10.9. The molecular weight excluding hydrogens is 338 g/mol. The van der Waals surface area contributed by atoms with Crippen molar-refractivity contribution in [1.29, 1.82) is 0 Å². The molecule has 6 heteroatoms. The van der Waals surface area contributed by atoms with Crippen LogP contribution in [-0.2, 0) is 18.3 Å². The number of aryl methyl sites for hydroxylation is 2. The van der Waals surface area contributed by atoms with Gasteiger partial charge in [0.1, 0.15) is 0 Å². The largest absolute Gasteiger partial charge is 0.295 e. The summed E-state index contributed by atoms with van der Waals surface area (Å²) in [5.74, 6) is 0.227. The molecule has 4 aromatic rings. The van der Waals surface area contributed by atoms with Gasteiger partial charge in [-0.05, 0) is 23.6 Å². The third kappa shape index (κ3) is 4.00. The van der Waals surface area contributed by atoms with Crippen LogP contribution in [0.4, 0.5) is 5.95 Å². The van der Waals surface area contributed by atoms with Gasteiger partial charge in [-0.15, -0.1) is 0 Å². The molecule has 6 nitrogen and oxygen atoms in total. The van der Waals surface area contributed by atoms with Crippen LogP contribution < -0.4 is 5.32 Å². The van der Waals surface area contributed by atoms with Crippen LogP contribution >= 0.6 is 0 Å². The Balaban J connectivity index is 1.49. The van der Waals surface area contributed by atoms with Crippen molar-refractivity contribution in [3.05, 3.63) is 72.7 Å². The van der Waals surface area contributed by atoms with Crippen molar-refractivity contribution in [2.45, 2.75) is 12.8 Å². The first-order valence-electron chi connectivity index (χ1n) is 8.77. The summed E-state index contributed by atoms with van der Waals surface area (Å²) in [7, 11) is 1.88. The maximum atomic E-state index is 12.2. The van der Waals surface area contributed by atoms with Crippen molar-refractivity contribution in [2.75, 3.05) is 5.32 Å². The highest BCUT2D eigenvalue weighted by Crippen LogP contribution is 2.23. The molecule has 134 valence electrons. The third-order valence-corrected chi connectivity index (χ3v) is 4.36. The SMILES string of the molecule is Cn1cc(-c2ccc3cnc(NC(=O)CCc4ccccc4)nc3c2)cn1. The maximum Gasteiger partial charge on any atom is 0.229 e. The number of hydrogen-bond donors (Lipinski definition) is 1. The fourth-order valence-corrected chi connectivity index (χ4v) is 2.92. The van der Waals surface area contributed by atoms with Crippen LogP contribution in [0.1, 0.15) is 12.0 Å². The van der Waals surface area contributed by atoms with Crippen LogP contribution in [0.25, 0.3) is 22.0 Å². The lowest BCUT2D eigenvalue weighted by Crippen LogP contribution is -2.14. The molecule has 1 amide bonds. The number of fused-ring (bicyclic) bond motifs is 1. The third-order valence-electron chi connectivity index (χ3n) is 4.36. The first-order chi connectivity index (χ1) is 13.2. The van der Waals surface area contributed by atoms with E-state index in [4.69, 9.17) is 0 Å². The van der Waals surface area contributed by atoms with E-state index < -0.39 is 0 Å². The molecule has 0 saturated heterocycles. The van der Waals surface area contributed by atoms with E-state index in [0.29, 0.717) is 18.8 Å². The second-order valence-electron chi connectivity index (χ2n) is 6.40. The van der Waals surface area contributed by atoms with Gasteiger partial charge in [-0.3, -0.25) is 14.8 Å². The Kier molecular flexibility index (Phi) is 4.61. The van der Waals surface area contributed by atoms with Gasteiger partial charge in [0.25, 0.3) is 0 Å². The summed E-state index contributed by atoms with van der Waals surface area (Å²) in [6, 6.07) is 15.9. The Bertz CT molecular complexity index is 1090. The van der Waals surface area contributed by atoms with E-state index in [0.717, 1.165) is 27.6 Å². The zero-order valence-corrected chi connectivity index (χ0v) is 15.0. The van der Waals surface area contributed by atoms with Gasteiger partial charge >= 0.3 is 0 Å². The molecule has 27 heavy (non-hydrogen) atoms. The van der Waals surface area contributed by atoms with Gasteiger partial charge in [-0.25, -0.2) is 9.97 Å². The molecule has 0 spiro atoms. The fourth-order valence-electron chi connectivity index (χ4n) is 2.92. The predicted molar refractivity (Wildman–Crippen MR) is 105 cm³/mol. The van der Waals surface area contributed by atoms with Gasteiger partial charge in [-0.2, -0.15) is 5.10 Å². The number of nitrogens with zero attached hydrogens (tertiary/aromatic N) is 4. The van der Waals surface area contributed by atoms with Gasteiger partial charge in [0.2, 0.25) is 11.9 Å². The molecule has 0 unspecified atom stereocenters. The first kappa shape index (κ1) is 16.9. The van der Waals surface area contributed by atoms with Crippen molar-refractivity contribution >= 4 is 22.8 Å². The van der Waals surface area contributed by atoms with E-state index in [9.17, 15) is 4.79 Å².